The van der Waals surface area contributed by atoms with Crippen LogP contribution in [0.2, 0.25) is 0 Å². The molecule has 0 heteroatoms. The van der Waals surface area contributed by atoms with E-state index in [1.807, 2.05) is 6.08 Å². The van der Waals surface area contributed by atoms with Crippen molar-refractivity contribution >= 4 is 0 Å². The van der Waals surface area contributed by atoms with Gasteiger partial charge in [-0.25, -0.2) is 0 Å². The van der Waals surface area contributed by atoms with E-state index in [9.17, 15) is 0 Å². The lowest BCUT2D eigenvalue weighted by Gasteiger charge is -2.24. The van der Waals surface area contributed by atoms with Gasteiger partial charge < -0.3 is 0 Å². The maximum atomic E-state index is 3.04. The number of hydrogen-bond acceptors (Lipinski definition) is 0. The van der Waals surface area contributed by atoms with Crippen molar-refractivity contribution in [3.8, 4) is 0 Å². The van der Waals surface area contributed by atoms with Crippen molar-refractivity contribution in [3.05, 3.63) is 83.3 Å². The molecular formula is C18H16. The molecule has 2 aliphatic rings. The molecule has 2 unspecified atom stereocenters. The molecule has 1 aromatic carbocycles. The van der Waals surface area contributed by atoms with Crippen LogP contribution in [-0.2, 0) is 0 Å². The zero-order chi connectivity index (χ0) is 12.2. The Balaban J connectivity index is 1.74. The first-order valence-electron chi connectivity index (χ1n) is 6.54. The Morgan fingerprint density at radius 2 is 1.67 bits per heavy atom. The van der Waals surface area contributed by atoms with Crippen LogP contribution in [0.15, 0.2) is 77.7 Å². The number of rotatable bonds is 2. The SMILES string of the molecule is C1=C=CC(C2C=CC(c3ccccc3)CC2)=CC=1. The smallest absolute Gasteiger partial charge is 0.00250 e. The van der Waals surface area contributed by atoms with Crippen molar-refractivity contribution < 1.29 is 0 Å². The summed E-state index contributed by atoms with van der Waals surface area (Å²) in [5.41, 5.74) is 8.79. The lowest BCUT2D eigenvalue weighted by molar-refractivity contribution is 0.569. The van der Waals surface area contributed by atoms with Gasteiger partial charge in [0.25, 0.3) is 0 Å². The Hall–Kier alpha value is -2.00. The second kappa shape index (κ2) is 5.10. The molecule has 0 saturated heterocycles. The first-order valence-corrected chi connectivity index (χ1v) is 6.54. The predicted octanol–water partition coefficient (Wildman–Crippen LogP) is 4.54. The van der Waals surface area contributed by atoms with E-state index in [2.05, 4.69) is 66.1 Å². The second-order valence-electron chi connectivity index (χ2n) is 4.85. The van der Waals surface area contributed by atoms with Gasteiger partial charge in [0.05, 0.1) is 0 Å². The fourth-order valence-corrected chi connectivity index (χ4v) is 2.67. The molecule has 3 rings (SSSR count). The third-order valence-electron chi connectivity index (χ3n) is 3.70. The fourth-order valence-electron chi connectivity index (χ4n) is 2.67. The van der Waals surface area contributed by atoms with E-state index in [0.29, 0.717) is 11.8 Å². The molecule has 0 aliphatic heterocycles. The molecule has 0 radical (unpaired) electrons. The standard InChI is InChI=1S/C18H16/c1-3-7-15(8-4-1)17-11-13-18(14-12-17)16-9-5-2-6-10-16/h1,3-5,7-11,13,17-18H,12,14H2. The van der Waals surface area contributed by atoms with Crippen molar-refractivity contribution in [2.45, 2.75) is 18.8 Å². The van der Waals surface area contributed by atoms with Crippen molar-refractivity contribution in [2.24, 2.45) is 5.92 Å². The molecule has 0 N–H and O–H groups in total. The molecule has 2 aliphatic carbocycles. The van der Waals surface area contributed by atoms with Crippen molar-refractivity contribution in [1.82, 2.24) is 0 Å². The molecule has 0 nitrogen and oxygen atoms in total. The van der Waals surface area contributed by atoms with E-state index in [-0.39, 0.29) is 0 Å². The summed E-state index contributed by atoms with van der Waals surface area (Å²) in [6, 6.07) is 10.8. The van der Waals surface area contributed by atoms with Gasteiger partial charge in [-0.2, -0.15) is 0 Å². The fraction of sp³-hybridized carbons (Fsp3) is 0.222. The monoisotopic (exact) mass is 232 g/mol. The summed E-state index contributed by atoms with van der Waals surface area (Å²) in [5, 5.41) is 0. The van der Waals surface area contributed by atoms with Crippen LogP contribution in [0.4, 0.5) is 0 Å². The van der Waals surface area contributed by atoms with E-state index in [1.54, 1.807) is 0 Å². The van der Waals surface area contributed by atoms with Gasteiger partial charge in [-0.3, -0.25) is 0 Å². The third kappa shape index (κ3) is 2.31. The first kappa shape index (κ1) is 11.1. The lowest BCUT2D eigenvalue weighted by atomic mass is 9.81. The molecule has 1 aromatic rings. The zero-order valence-corrected chi connectivity index (χ0v) is 10.3. The summed E-state index contributed by atoms with van der Waals surface area (Å²) in [5.74, 6) is 1.14. The number of hydrogen-bond donors (Lipinski definition) is 0. The minimum absolute atomic E-state index is 0.552. The van der Waals surface area contributed by atoms with Crippen molar-refractivity contribution in [1.29, 1.82) is 0 Å². The van der Waals surface area contributed by atoms with Crippen LogP contribution in [0, 0.1) is 5.92 Å². The Labute approximate surface area is 108 Å². The average molecular weight is 232 g/mol. The molecule has 88 valence electrons. The van der Waals surface area contributed by atoms with Gasteiger partial charge in [-0.15, -0.1) is 0 Å². The maximum absolute atomic E-state index is 3.04. The quantitative estimate of drug-likeness (QED) is 0.518. The Morgan fingerprint density at radius 3 is 2.33 bits per heavy atom. The Kier molecular flexibility index (Phi) is 3.15. The molecule has 0 amide bonds. The Bertz CT molecular complexity index is 574. The van der Waals surface area contributed by atoms with Gasteiger partial charge in [-0.1, -0.05) is 53.9 Å². The summed E-state index contributed by atoms with van der Waals surface area (Å²) in [7, 11) is 0. The minimum atomic E-state index is 0.552. The number of benzene rings is 1. The van der Waals surface area contributed by atoms with Crippen LogP contribution < -0.4 is 0 Å². The summed E-state index contributed by atoms with van der Waals surface area (Å²) in [4.78, 5) is 0. The van der Waals surface area contributed by atoms with Crippen molar-refractivity contribution in [2.75, 3.05) is 0 Å². The molecule has 0 saturated carbocycles. The average Bonchev–Trinajstić information content (AvgIpc) is 2.49. The van der Waals surface area contributed by atoms with Crippen LogP contribution in [-0.4, -0.2) is 0 Å². The summed E-state index contributed by atoms with van der Waals surface area (Å²) in [6.45, 7) is 0. The van der Waals surface area contributed by atoms with Gasteiger partial charge >= 0.3 is 0 Å². The van der Waals surface area contributed by atoms with Crippen LogP contribution in [0.1, 0.15) is 24.3 Å². The van der Waals surface area contributed by atoms with Gasteiger partial charge in [0, 0.05) is 11.8 Å². The van der Waals surface area contributed by atoms with E-state index < -0.39 is 0 Å². The van der Waals surface area contributed by atoms with Crippen LogP contribution >= 0.6 is 0 Å². The normalized spacial score (nSPS) is 25.2. The highest BCUT2D eigenvalue weighted by molar-refractivity contribution is 5.34. The summed E-state index contributed by atoms with van der Waals surface area (Å²) in [6.07, 6.45) is 13.3. The van der Waals surface area contributed by atoms with Gasteiger partial charge in [-0.05, 0) is 42.2 Å². The maximum Gasteiger partial charge on any atom is 0.00250 e. The first-order chi connectivity index (χ1) is 8.93. The van der Waals surface area contributed by atoms with Crippen molar-refractivity contribution in [3.63, 3.8) is 0 Å². The van der Waals surface area contributed by atoms with Crippen LogP contribution in [0.25, 0.3) is 0 Å². The molecule has 0 fully saturated rings. The largest absolute Gasteiger partial charge is 0.0804 e. The Morgan fingerprint density at radius 1 is 0.889 bits per heavy atom. The van der Waals surface area contributed by atoms with Crippen LogP contribution in [0.3, 0.4) is 0 Å². The van der Waals surface area contributed by atoms with Gasteiger partial charge in [0.2, 0.25) is 0 Å². The molecule has 0 bridgehead atoms. The van der Waals surface area contributed by atoms with Gasteiger partial charge in [0.15, 0.2) is 0 Å². The molecule has 0 spiro atoms. The number of allylic oxidation sites excluding steroid dienone is 6. The van der Waals surface area contributed by atoms with E-state index in [1.165, 1.54) is 24.0 Å². The second-order valence-corrected chi connectivity index (χ2v) is 4.85. The predicted molar refractivity (Wildman–Crippen MR) is 75.3 cm³/mol. The highest BCUT2D eigenvalue weighted by Crippen LogP contribution is 2.33. The van der Waals surface area contributed by atoms with Gasteiger partial charge in [0.1, 0.15) is 0 Å². The van der Waals surface area contributed by atoms with E-state index >= 15 is 0 Å². The molecule has 0 aromatic heterocycles. The topological polar surface area (TPSA) is 0 Å². The molecule has 0 heterocycles. The van der Waals surface area contributed by atoms with Crippen LogP contribution in [0.5, 0.6) is 0 Å². The highest BCUT2D eigenvalue weighted by atomic mass is 14.2. The van der Waals surface area contributed by atoms with E-state index in [4.69, 9.17) is 0 Å². The molecule has 18 heavy (non-hydrogen) atoms. The minimum Gasteiger partial charge on any atom is -0.0804 e. The summed E-state index contributed by atoms with van der Waals surface area (Å²) >= 11 is 0. The highest BCUT2D eigenvalue weighted by Gasteiger charge is 2.18. The third-order valence-corrected chi connectivity index (χ3v) is 3.70. The molecular weight excluding hydrogens is 216 g/mol. The zero-order valence-electron chi connectivity index (χ0n) is 10.3. The summed E-state index contributed by atoms with van der Waals surface area (Å²) < 4.78 is 0. The lowest BCUT2D eigenvalue weighted by Crippen LogP contribution is -2.09. The molecule has 2 atom stereocenters. The van der Waals surface area contributed by atoms with E-state index in [0.717, 1.165) is 0 Å².